The Morgan fingerprint density at radius 1 is 1.19 bits per heavy atom. The molecule has 0 radical (unpaired) electrons. The second-order valence-electron chi connectivity index (χ2n) is 4.19. The predicted molar refractivity (Wildman–Crippen MR) is 63.3 cm³/mol. The Morgan fingerprint density at radius 2 is 2.00 bits per heavy atom. The van der Waals surface area contributed by atoms with E-state index >= 15 is 0 Å². The van der Waals surface area contributed by atoms with Crippen LogP contribution in [0.15, 0.2) is 18.2 Å². The van der Waals surface area contributed by atoms with E-state index in [0.717, 1.165) is 35.0 Å². The van der Waals surface area contributed by atoms with Crippen molar-refractivity contribution in [3.8, 4) is 11.5 Å². The normalized spacial score (nSPS) is 28.1. The molecule has 1 atom stereocenters. The third-order valence-corrected chi connectivity index (χ3v) is 4.25. The van der Waals surface area contributed by atoms with Crippen LogP contribution >= 0.6 is 11.8 Å². The van der Waals surface area contributed by atoms with Crippen molar-refractivity contribution < 1.29 is 14.6 Å². The topological polar surface area (TPSA) is 38.7 Å². The first-order chi connectivity index (χ1) is 7.78. The summed E-state index contributed by atoms with van der Waals surface area (Å²) in [5.74, 6) is 3.33. The minimum atomic E-state index is -0.680. The van der Waals surface area contributed by atoms with E-state index in [2.05, 4.69) is 0 Å². The predicted octanol–water partition coefficient (Wildman–Crippen LogP) is 1.78. The van der Waals surface area contributed by atoms with E-state index in [1.54, 1.807) is 11.8 Å². The molecule has 16 heavy (non-hydrogen) atoms. The van der Waals surface area contributed by atoms with Gasteiger partial charge < -0.3 is 14.6 Å². The average molecular weight is 238 g/mol. The summed E-state index contributed by atoms with van der Waals surface area (Å²) in [6.45, 7) is 1.19. The molecule has 1 N–H and O–H groups in total. The highest BCUT2D eigenvalue weighted by atomic mass is 32.2. The van der Waals surface area contributed by atoms with Crippen molar-refractivity contribution >= 4 is 11.8 Å². The van der Waals surface area contributed by atoms with Crippen LogP contribution in [0, 0.1) is 0 Å². The van der Waals surface area contributed by atoms with Crippen molar-refractivity contribution in [1.82, 2.24) is 0 Å². The highest BCUT2D eigenvalue weighted by Gasteiger charge is 2.34. The van der Waals surface area contributed by atoms with Gasteiger partial charge in [-0.25, -0.2) is 0 Å². The van der Waals surface area contributed by atoms with Gasteiger partial charge in [-0.1, -0.05) is 6.07 Å². The average Bonchev–Trinajstić information content (AvgIpc) is 2.77. The zero-order chi connectivity index (χ0) is 11.0. The molecule has 2 aliphatic rings. The zero-order valence-corrected chi connectivity index (χ0v) is 9.76. The van der Waals surface area contributed by atoms with Gasteiger partial charge in [0.05, 0.1) is 5.60 Å². The lowest BCUT2D eigenvalue weighted by atomic mass is 9.93. The van der Waals surface area contributed by atoms with Crippen LogP contribution in [0.3, 0.4) is 0 Å². The van der Waals surface area contributed by atoms with E-state index in [0.29, 0.717) is 13.2 Å². The molecule has 2 heterocycles. The highest BCUT2D eigenvalue weighted by Crippen LogP contribution is 2.40. The number of aliphatic hydroxyl groups is 1. The summed E-state index contributed by atoms with van der Waals surface area (Å²) in [6, 6.07) is 5.75. The summed E-state index contributed by atoms with van der Waals surface area (Å²) in [5.41, 5.74) is 0.266. The smallest absolute Gasteiger partial charge is 0.161 e. The van der Waals surface area contributed by atoms with E-state index < -0.39 is 5.60 Å². The van der Waals surface area contributed by atoms with Gasteiger partial charge in [-0.2, -0.15) is 11.8 Å². The van der Waals surface area contributed by atoms with Gasteiger partial charge >= 0.3 is 0 Å². The Bertz CT molecular complexity index is 399. The molecule has 0 aromatic heterocycles. The maximum atomic E-state index is 10.4. The molecule has 0 saturated carbocycles. The van der Waals surface area contributed by atoms with Crippen LogP contribution in [0.25, 0.3) is 0 Å². The highest BCUT2D eigenvalue weighted by molar-refractivity contribution is 7.99. The molecule has 0 spiro atoms. The lowest BCUT2D eigenvalue weighted by molar-refractivity contribution is 0.0649. The minimum Gasteiger partial charge on any atom is -0.486 e. The summed E-state index contributed by atoms with van der Waals surface area (Å²) < 4.78 is 11.0. The van der Waals surface area contributed by atoms with Crippen LogP contribution in [0.1, 0.15) is 12.0 Å². The van der Waals surface area contributed by atoms with Crippen molar-refractivity contribution in [3.63, 3.8) is 0 Å². The third-order valence-electron chi connectivity index (χ3n) is 3.08. The van der Waals surface area contributed by atoms with Crippen LogP contribution < -0.4 is 9.47 Å². The Labute approximate surface area is 98.8 Å². The van der Waals surface area contributed by atoms with Crippen LogP contribution in [0.4, 0.5) is 0 Å². The fourth-order valence-electron chi connectivity index (χ4n) is 2.11. The summed E-state index contributed by atoms with van der Waals surface area (Å²) >= 11 is 1.79. The summed E-state index contributed by atoms with van der Waals surface area (Å²) in [6.07, 6.45) is 0.817. The third kappa shape index (κ3) is 1.66. The Kier molecular flexibility index (Phi) is 2.48. The van der Waals surface area contributed by atoms with E-state index in [4.69, 9.17) is 9.47 Å². The Morgan fingerprint density at radius 3 is 2.75 bits per heavy atom. The van der Waals surface area contributed by atoms with Crippen LogP contribution in [-0.2, 0) is 5.60 Å². The molecule has 1 fully saturated rings. The lowest BCUT2D eigenvalue weighted by Gasteiger charge is -2.25. The van der Waals surface area contributed by atoms with Crippen molar-refractivity contribution in [2.75, 3.05) is 24.7 Å². The first-order valence-electron chi connectivity index (χ1n) is 5.48. The molecular weight excluding hydrogens is 224 g/mol. The fourth-order valence-corrected chi connectivity index (χ4v) is 3.39. The minimum absolute atomic E-state index is 0.587. The maximum absolute atomic E-state index is 10.4. The first kappa shape index (κ1) is 10.3. The van der Waals surface area contributed by atoms with E-state index in [1.165, 1.54) is 0 Å². The Balaban J connectivity index is 1.96. The standard InChI is InChI=1S/C12H14O3S/c13-12(3-6-16-8-12)9-1-2-10-11(7-9)15-5-4-14-10/h1-2,7,13H,3-6,8H2. The van der Waals surface area contributed by atoms with Gasteiger partial charge in [0.1, 0.15) is 13.2 Å². The largest absolute Gasteiger partial charge is 0.486 e. The lowest BCUT2D eigenvalue weighted by Crippen LogP contribution is -2.25. The van der Waals surface area contributed by atoms with E-state index in [1.807, 2.05) is 18.2 Å². The van der Waals surface area contributed by atoms with Gasteiger partial charge in [-0.05, 0) is 29.9 Å². The number of hydrogen-bond donors (Lipinski definition) is 1. The number of thioether (sulfide) groups is 1. The SMILES string of the molecule is OC1(c2ccc3c(c2)OCCO3)CCSC1. The summed E-state index contributed by atoms with van der Waals surface area (Å²) in [4.78, 5) is 0. The summed E-state index contributed by atoms with van der Waals surface area (Å²) in [7, 11) is 0. The molecule has 3 rings (SSSR count). The van der Waals surface area contributed by atoms with Crippen molar-refractivity contribution in [2.24, 2.45) is 0 Å². The number of benzene rings is 1. The summed E-state index contributed by atoms with van der Waals surface area (Å²) in [5, 5.41) is 10.4. The van der Waals surface area contributed by atoms with Crippen molar-refractivity contribution in [3.05, 3.63) is 23.8 Å². The van der Waals surface area contributed by atoms with Gasteiger partial charge in [0.2, 0.25) is 0 Å². The molecule has 0 bridgehead atoms. The molecular formula is C12H14O3S. The van der Waals surface area contributed by atoms with Gasteiger partial charge in [0, 0.05) is 5.75 Å². The molecule has 1 aromatic rings. The van der Waals surface area contributed by atoms with Crippen molar-refractivity contribution in [2.45, 2.75) is 12.0 Å². The number of rotatable bonds is 1. The van der Waals surface area contributed by atoms with E-state index in [-0.39, 0.29) is 0 Å². The van der Waals surface area contributed by atoms with Gasteiger partial charge in [0.25, 0.3) is 0 Å². The monoisotopic (exact) mass is 238 g/mol. The molecule has 4 heteroatoms. The molecule has 0 aliphatic carbocycles. The van der Waals surface area contributed by atoms with Crippen LogP contribution in [-0.4, -0.2) is 29.8 Å². The maximum Gasteiger partial charge on any atom is 0.161 e. The molecule has 1 unspecified atom stereocenters. The van der Waals surface area contributed by atoms with Crippen LogP contribution in [0.2, 0.25) is 0 Å². The molecule has 3 nitrogen and oxygen atoms in total. The number of ether oxygens (including phenoxy) is 2. The molecule has 2 aliphatic heterocycles. The zero-order valence-electron chi connectivity index (χ0n) is 8.94. The molecule has 1 saturated heterocycles. The molecule has 0 amide bonds. The second-order valence-corrected chi connectivity index (χ2v) is 5.30. The van der Waals surface area contributed by atoms with Gasteiger partial charge in [-0.3, -0.25) is 0 Å². The molecule has 1 aromatic carbocycles. The molecule has 86 valence electrons. The number of hydrogen-bond acceptors (Lipinski definition) is 4. The Hall–Kier alpha value is -0.870. The van der Waals surface area contributed by atoms with Gasteiger partial charge in [-0.15, -0.1) is 0 Å². The number of fused-ring (bicyclic) bond motifs is 1. The quantitative estimate of drug-likeness (QED) is 0.809. The first-order valence-corrected chi connectivity index (χ1v) is 6.64. The fraction of sp³-hybridized carbons (Fsp3) is 0.500. The van der Waals surface area contributed by atoms with Gasteiger partial charge in [0.15, 0.2) is 11.5 Å². The van der Waals surface area contributed by atoms with E-state index in [9.17, 15) is 5.11 Å². The van der Waals surface area contributed by atoms with Crippen molar-refractivity contribution in [1.29, 1.82) is 0 Å². The second kappa shape index (κ2) is 3.86. The van der Waals surface area contributed by atoms with Crippen LogP contribution in [0.5, 0.6) is 11.5 Å².